The number of hydrogen-bond acceptors (Lipinski definition) is 3. The second-order valence-corrected chi connectivity index (χ2v) is 3.48. The topological polar surface area (TPSA) is 41.5 Å². The van der Waals surface area contributed by atoms with Crippen LogP contribution in [0.15, 0.2) is 18.2 Å². The molecular formula is C10H12FNO2. The van der Waals surface area contributed by atoms with E-state index in [4.69, 9.17) is 4.74 Å². The Kier molecular flexibility index (Phi) is 2.17. The summed E-state index contributed by atoms with van der Waals surface area (Å²) in [5.41, 5.74) is -0.317. The Bertz CT molecular complexity index is 350. The van der Waals surface area contributed by atoms with Gasteiger partial charge in [-0.1, -0.05) is 6.07 Å². The van der Waals surface area contributed by atoms with E-state index in [9.17, 15) is 9.50 Å². The fourth-order valence-corrected chi connectivity index (χ4v) is 1.52. The van der Waals surface area contributed by atoms with Gasteiger partial charge in [0.1, 0.15) is 5.60 Å². The molecule has 1 saturated heterocycles. The number of β-amino-alcohol motifs (C(OH)–C–C–N with tert-alkyl or cyclic N) is 1. The average Bonchev–Trinajstić information content (AvgIpc) is 2.14. The van der Waals surface area contributed by atoms with Crippen molar-refractivity contribution in [3.63, 3.8) is 0 Å². The number of rotatable bonds is 2. The lowest BCUT2D eigenvalue weighted by Gasteiger charge is -2.38. The molecule has 1 aliphatic heterocycles. The maximum absolute atomic E-state index is 13.3. The molecular weight excluding hydrogens is 185 g/mol. The van der Waals surface area contributed by atoms with Crippen molar-refractivity contribution in [2.45, 2.75) is 5.60 Å². The maximum Gasteiger partial charge on any atom is 0.165 e. The van der Waals surface area contributed by atoms with Gasteiger partial charge < -0.3 is 15.2 Å². The number of hydrogen-bond donors (Lipinski definition) is 2. The third kappa shape index (κ3) is 1.36. The van der Waals surface area contributed by atoms with Crippen LogP contribution in [0, 0.1) is 5.82 Å². The first kappa shape index (κ1) is 9.43. The highest BCUT2D eigenvalue weighted by molar-refractivity contribution is 5.34. The molecule has 0 radical (unpaired) electrons. The van der Waals surface area contributed by atoms with Crippen LogP contribution in [-0.2, 0) is 5.60 Å². The molecule has 3 nitrogen and oxygen atoms in total. The third-order valence-electron chi connectivity index (χ3n) is 2.52. The zero-order valence-corrected chi connectivity index (χ0v) is 7.88. The lowest BCUT2D eigenvalue weighted by atomic mass is 9.88. The highest BCUT2D eigenvalue weighted by Gasteiger charge is 2.36. The fourth-order valence-electron chi connectivity index (χ4n) is 1.52. The van der Waals surface area contributed by atoms with Gasteiger partial charge in [0.2, 0.25) is 0 Å². The van der Waals surface area contributed by atoms with Crippen molar-refractivity contribution in [3.8, 4) is 5.75 Å². The van der Waals surface area contributed by atoms with E-state index >= 15 is 0 Å². The van der Waals surface area contributed by atoms with Crippen LogP contribution in [0.25, 0.3) is 0 Å². The normalized spacial score (nSPS) is 18.8. The van der Waals surface area contributed by atoms with Gasteiger partial charge in [-0.15, -0.1) is 0 Å². The van der Waals surface area contributed by atoms with Gasteiger partial charge in [-0.25, -0.2) is 4.39 Å². The average molecular weight is 197 g/mol. The van der Waals surface area contributed by atoms with Crippen LogP contribution in [0.1, 0.15) is 5.56 Å². The van der Waals surface area contributed by atoms with Gasteiger partial charge in [0.25, 0.3) is 0 Å². The van der Waals surface area contributed by atoms with Crippen LogP contribution in [0.5, 0.6) is 5.75 Å². The summed E-state index contributed by atoms with van der Waals surface area (Å²) >= 11 is 0. The summed E-state index contributed by atoms with van der Waals surface area (Å²) in [4.78, 5) is 0. The lowest BCUT2D eigenvalue weighted by molar-refractivity contribution is -0.0149. The van der Waals surface area contributed by atoms with Crippen molar-refractivity contribution >= 4 is 0 Å². The molecule has 0 atom stereocenters. The Morgan fingerprint density at radius 1 is 1.50 bits per heavy atom. The van der Waals surface area contributed by atoms with Crippen LogP contribution < -0.4 is 10.1 Å². The molecule has 4 heteroatoms. The van der Waals surface area contributed by atoms with Gasteiger partial charge in [-0.3, -0.25) is 0 Å². The molecule has 14 heavy (non-hydrogen) atoms. The van der Waals surface area contributed by atoms with E-state index in [0.29, 0.717) is 18.7 Å². The third-order valence-corrected chi connectivity index (χ3v) is 2.52. The minimum absolute atomic E-state index is 0.199. The molecule has 1 aliphatic rings. The van der Waals surface area contributed by atoms with E-state index < -0.39 is 11.4 Å². The van der Waals surface area contributed by atoms with Crippen LogP contribution in [-0.4, -0.2) is 25.3 Å². The predicted octanol–water partition coefficient (Wildman–Crippen LogP) is 0.625. The Hall–Kier alpha value is -1.13. The van der Waals surface area contributed by atoms with Crippen LogP contribution >= 0.6 is 0 Å². The summed E-state index contributed by atoms with van der Waals surface area (Å²) in [5, 5.41) is 12.8. The second kappa shape index (κ2) is 3.22. The summed E-state index contributed by atoms with van der Waals surface area (Å²) in [7, 11) is 1.41. The van der Waals surface area contributed by atoms with E-state index in [-0.39, 0.29) is 5.75 Å². The molecule has 1 aromatic rings. The number of benzene rings is 1. The molecule has 0 bridgehead atoms. The molecule has 2 N–H and O–H groups in total. The summed E-state index contributed by atoms with van der Waals surface area (Å²) in [6, 6.07) is 4.53. The van der Waals surface area contributed by atoms with E-state index in [1.165, 1.54) is 19.2 Å². The number of methoxy groups -OCH3 is 1. The molecule has 0 spiro atoms. The Morgan fingerprint density at radius 3 is 2.64 bits per heavy atom. The molecule has 0 aromatic heterocycles. The number of nitrogens with one attached hydrogen (secondary N) is 1. The minimum Gasteiger partial charge on any atom is -0.494 e. The van der Waals surface area contributed by atoms with Crippen molar-refractivity contribution < 1.29 is 14.2 Å². The first-order valence-corrected chi connectivity index (χ1v) is 4.43. The van der Waals surface area contributed by atoms with Crippen molar-refractivity contribution in [1.29, 1.82) is 0 Å². The zero-order chi connectivity index (χ0) is 10.2. The molecule has 0 amide bonds. The molecule has 1 aromatic carbocycles. The van der Waals surface area contributed by atoms with Crippen molar-refractivity contribution in [1.82, 2.24) is 5.32 Å². The molecule has 1 heterocycles. The van der Waals surface area contributed by atoms with Gasteiger partial charge in [0.05, 0.1) is 7.11 Å². The minimum atomic E-state index is -0.910. The second-order valence-electron chi connectivity index (χ2n) is 3.48. The maximum atomic E-state index is 13.3. The van der Waals surface area contributed by atoms with Crippen LogP contribution in [0.2, 0.25) is 0 Å². The summed E-state index contributed by atoms with van der Waals surface area (Å²) in [5.74, 6) is -0.241. The van der Waals surface area contributed by atoms with E-state index in [1.54, 1.807) is 6.07 Å². The Morgan fingerprint density at radius 2 is 2.21 bits per heavy atom. The number of aliphatic hydroxyl groups is 1. The highest BCUT2D eigenvalue weighted by Crippen LogP contribution is 2.28. The Balaban J connectivity index is 2.32. The van der Waals surface area contributed by atoms with Crippen molar-refractivity contribution in [2.24, 2.45) is 0 Å². The molecule has 1 fully saturated rings. The SMILES string of the molecule is COc1ccc(C2(O)CNC2)cc1F. The summed E-state index contributed by atoms with van der Waals surface area (Å²) < 4.78 is 18.1. The first-order chi connectivity index (χ1) is 6.65. The van der Waals surface area contributed by atoms with Crippen molar-refractivity contribution in [3.05, 3.63) is 29.6 Å². The van der Waals surface area contributed by atoms with Crippen LogP contribution in [0.4, 0.5) is 4.39 Å². The molecule has 76 valence electrons. The largest absolute Gasteiger partial charge is 0.494 e. The van der Waals surface area contributed by atoms with E-state index in [1.807, 2.05) is 0 Å². The molecule has 0 unspecified atom stereocenters. The summed E-state index contributed by atoms with van der Waals surface area (Å²) in [6.07, 6.45) is 0. The fraction of sp³-hybridized carbons (Fsp3) is 0.400. The standard InChI is InChI=1S/C10H12FNO2/c1-14-9-3-2-7(4-8(9)11)10(13)5-12-6-10/h2-4,12-13H,5-6H2,1H3. The van der Waals surface area contributed by atoms with Gasteiger partial charge >= 0.3 is 0 Å². The molecule has 2 rings (SSSR count). The summed E-state index contributed by atoms with van der Waals surface area (Å²) in [6.45, 7) is 0.942. The Labute approximate surface area is 81.5 Å². The lowest BCUT2D eigenvalue weighted by Crippen LogP contribution is -2.56. The molecule has 0 saturated carbocycles. The smallest absolute Gasteiger partial charge is 0.165 e. The monoisotopic (exact) mass is 197 g/mol. The number of ether oxygens (including phenoxy) is 1. The quantitative estimate of drug-likeness (QED) is 0.730. The highest BCUT2D eigenvalue weighted by atomic mass is 19.1. The first-order valence-electron chi connectivity index (χ1n) is 4.43. The van der Waals surface area contributed by atoms with Crippen LogP contribution in [0.3, 0.4) is 0 Å². The number of halogens is 1. The van der Waals surface area contributed by atoms with Gasteiger partial charge in [-0.05, 0) is 17.7 Å². The van der Waals surface area contributed by atoms with Gasteiger partial charge in [0, 0.05) is 13.1 Å². The van der Waals surface area contributed by atoms with Crippen molar-refractivity contribution in [2.75, 3.05) is 20.2 Å². The van der Waals surface area contributed by atoms with E-state index in [2.05, 4.69) is 5.32 Å². The predicted molar refractivity (Wildman–Crippen MR) is 49.7 cm³/mol. The zero-order valence-electron chi connectivity index (χ0n) is 7.88. The van der Waals surface area contributed by atoms with E-state index in [0.717, 1.165) is 0 Å². The molecule has 0 aliphatic carbocycles. The van der Waals surface area contributed by atoms with Gasteiger partial charge in [0.15, 0.2) is 11.6 Å². The van der Waals surface area contributed by atoms with Gasteiger partial charge in [-0.2, -0.15) is 0 Å².